The average Bonchev–Trinajstić information content (AvgIpc) is 3.18. The Morgan fingerprint density at radius 2 is 2.26 bits per heavy atom. The predicted molar refractivity (Wildman–Crippen MR) is 87.9 cm³/mol. The van der Waals surface area contributed by atoms with Crippen molar-refractivity contribution in [2.24, 2.45) is 5.92 Å². The normalized spacial score (nSPS) is 17.5. The first-order valence-electron chi connectivity index (χ1n) is 7.37. The minimum absolute atomic E-state index is 0.204. The zero-order valence-corrected chi connectivity index (χ0v) is 14.0. The second-order valence-electron chi connectivity index (χ2n) is 5.31. The number of anilines is 1. The molecule has 0 saturated carbocycles. The molecule has 1 atom stereocenters. The van der Waals surface area contributed by atoms with E-state index in [-0.39, 0.29) is 12.5 Å². The van der Waals surface area contributed by atoms with Crippen molar-refractivity contribution in [3.05, 3.63) is 46.7 Å². The standard InChI is InChI=1S/C16H16BrN3O3/c17-13-3-1-2-4-14(13)20-7-5-12(15(20)21)16(22)23-8-6-11-9-18-19-10-11/h1-4,9-10,12H,5-8H2,(H,18,19)/t12-/m0/s1. The molecule has 120 valence electrons. The third-order valence-electron chi connectivity index (χ3n) is 3.82. The number of esters is 1. The van der Waals surface area contributed by atoms with Crippen LogP contribution in [0.4, 0.5) is 5.69 Å². The Morgan fingerprint density at radius 3 is 3.00 bits per heavy atom. The van der Waals surface area contributed by atoms with Gasteiger partial charge in [-0.15, -0.1) is 0 Å². The monoisotopic (exact) mass is 377 g/mol. The SMILES string of the molecule is O=C(OCCc1cn[nH]c1)[C@H]1CCN(c2ccccc2Br)C1=O. The molecule has 7 heteroatoms. The highest BCUT2D eigenvalue weighted by Crippen LogP contribution is 2.31. The molecule has 0 spiro atoms. The molecule has 1 fully saturated rings. The van der Waals surface area contributed by atoms with Gasteiger partial charge in [0.05, 0.1) is 18.5 Å². The molecule has 0 bridgehead atoms. The molecular formula is C16H16BrN3O3. The van der Waals surface area contributed by atoms with Crippen LogP contribution in [0.5, 0.6) is 0 Å². The lowest BCUT2D eigenvalue weighted by molar-refractivity contribution is -0.150. The number of aromatic amines is 1. The highest BCUT2D eigenvalue weighted by Gasteiger charge is 2.39. The number of halogens is 1. The van der Waals surface area contributed by atoms with E-state index in [1.165, 1.54) is 0 Å². The summed E-state index contributed by atoms with van der Waals surface area (Å²) < 4.78 is 6.08. The van der Waals surface area contributed by atoms with Gasteiger partial charge in [0.2, 0.25) is 5.91 Å². The van der Waals surface area contributed by atoms with E-state index in [0.717, 1.165) is 15.7 Å². The van der Waals surface area contributed by atoms with Crippen molar-refractivity contribution >= 4 is 33.5 Å². The van der Waals surface area contributed by atoms with Gasteiger partial charge >= 0.3 is 5.97 Å². The molecular weight excluding hydrogens is 362 g/mol. The summed E-state index contributed by atoms with van der Waals surface area (Å²) in [6.07, 6.45) is 4.49. The van der Waals surface area contributed by atoms with Crippen molar-refractivity contribution < 1.29 is 14.3 Å². The highest BCUT2D eigenvalue weighted by molar-refractivity contribution is 9.10. The maximum Gasteiger partial charge on any atom is 0.318 e. The number of nitrogens with zero attached hydrogens (tertiary/aromatic N) is 2. The predicted octanol–water partition coefficient (Wildman–Crippen LogP) is 2.31. The van der Waals surface area contributed by atoms with Gasteiger partial charge in [0.1, 0.15) is 5.92 Å². The number of rotatable bonds is 5. The molecule has 1 aliphatic rings. The molecule has 1 aliphatic heterocycles. The molecule has 1 aromatic heterocycles. The lowest BCUT2D eigenvalue weighted by Gasteiger charge is -2.18. The van der Waals surface area contributed by atoms with Crippen LogP contribution in [0, 0.1) is 5.92 Å². The van der Waals surface area contributed by atoms with E-state index in [2.05, 4.69) is 26.1 Å². The van der Waals surface area contributed by atoms with E-state index < -0.39 is 11.9 Å². The topological polar surface area (TPSA) is 75.3 Å². The molecule has 1 amide bonds. The number of carbonyl (C=O) groups is 2. The number of ether oxygens (including phenoxy) is 1. The number of amides is 1. The van der Waals surface area contributed by atoms with Crippen molar-refractivity contribution in [3.63, 3.8) is 0 Å². The summed E-state index contributed by atoms with van der Waals surface area (Å²) in [6.45, 7) is 0.764. The Bertz CT molecular complexity index is 702. The molecule has 23 heavy (non-hydrogen) atoms. The number of aromatic nitrogens is 2. The van der Waals surface area contributed by atoms with Crippen LogP contribution in [0.1, 0.15) is 12.0 Å². The lowest BCUT2D eigenvalue weighted by atomic mass is 10.1. The summed E-state index contributed by atoms with van der Waals surface area (Å²) in [7, 11) is 0. The van der Waals surface area contributed by atoms with Gasteiger partial charge in [0.25, 0.3) is 0 Å². The van der Waals surface area contributed by atoms with Crippen LogP contribution in [0.3, 0.4) is 0 Å². The van der Waals surface area contributed by atoms with E-state index in [0.29, 0.717) is 19.4 Å². The van der Waals surface area contributed by atoms with Gasteiger partial charge in [-0.25, -0.2) is 0 Å². The lowest BCUT2D eigenvalue weighted by Crippen LogP contribution is -2.31. The summed E-state index contributed by atoms with van der Waals surface area (Å²) in [4.78, 5) is 26.3. The van der Waals surface area contributed by atoms with Crippen molar-refractivity contribution in [2.45, 2.75) is 12.8 Å². The number of H-pyrrole nitrogens is 1. The molecule has 0 radical (unpaired) electrons. The van der Waals surface area contributed by atoms with E-state index in [9.17, 15) is 9.59 Å². The summed E-state index contributed by atoms with van der Waals surface area (Å²) >= 11 is 3.44. The first-order chi connectivity index (χ1) is 11.2. The van der Waals surface area contributed by atoms with Gasteiger partial charge < -0.3 is 9.64 Å². The molecule has 2 heterocycles. The first-order valence-corrected chi connectivity index (χ1v) is 8.16. The molecule has 1 saturated heterocycles. The molecule has 2 aromatic rings. The second kappa shape index (κ2) is 6.95. The van der Waals surface area contributed by atoms with Crippen LogP contribution >= 0.6 is 15.9 Å². The zero-order valence-electron chi connectivity index (χ0n) is 12.4. The number of para-hydroxylation sites is 1. The summed E-state index contributed by atoms with van der Waals surface area (Å²) in [5.41, 5.74) is 1.75. The van der Waals surface area contributed by atoms with Crippen LogP contribution in [-0.4, -0.2) is 35.2 Å². The fourth-order valence-corrected chi connectivity index (χ4v) is 3.09. The van der Waals surface area contributed by atoms with Gasteiger partial charge in [-0.3, -0.25) is 14.7 Å². The fourth-order valence-electron chi connectivity index (χ4n) is 2.59. The van der Waals surface area contributed by atoms with Crippen molar-refractivity contribution in [1.82, 2.24) is 10.2 Å². The summed E-state index contributed by atoms with van der Waals surface area (Å²) in [5, 5.41) is 6.53. The quantitative estimate of drug-likeness (QED) is 0.640. The number of nitrogens with one attached hydrogen (secondary N) is 1. The molecule has 6 nitrogen and oxygen atoms in total. The second-order valence-corrected chi connectivity index (χ2v) is 6.16. The van der Waals surface area contributed by atoms with Gasteiger partial charge in [-0.2, -0.15) is 5.10 Å². The van der Waals surface area contributed by atoms with Crippen molar-refractivity contribution in [1.29, 1.82) is 0 Å². The van der Waals surface area contributed by atoms with Crippen LogP contribution in [0.2, 0.25) is 0 Å². The minimum Gasteiger partial charge on any atom is -0.465 e. The third kappa shape index (κ3) is 3.44. The van der Waals surface area contributed by atoms with Crippen molar-refractivity contribution in [2.75, 3.05) is 18.1 Å². The van der Waals surface area contributed by atoms with Gasteiger partial charge in [0, 0.05) is 23.6 Å². The van der Waals surface area contributed by atoms with E-state index in [4.69, 9.17) is 4.74 Å². The minimum atomic E-state index is -0.716. The Labute approximate surface area is 141 Å². The summed E-state index contributed by atoms with van der Waals surface area (Å²) in [6, 6.07) is 7.48. The van der Waals surface area contributed by atoms with E-state index in [1.807, 2.05) is 24.3 Å². The van der Waals surface area contributed by atoms with Crippen LogP contribution in [0.25, 0.3) is 0 Å². The highest BCUT2D eigenvalue weighted by atomic mass is 79.9. The van der Waals surface area contributed by atoms with Crippen LogP contribution < -0.4 is 4.90 Å². The molecule has 3 rings (SSSR count). The number of hydrogen-bond donors (Lipinski definition) is 1. The Morgan fingerprint density at radius 1 is 1.43 bits per heavy atom. The number of carbonyl (C=O) groups excluding carboxylic acids is 2. The molecule has 1 aromatic carbocycles. The van der Waals surface area contributed by atoms with E-state index >= 15 is 0 Å². The molecule has 0 aliphatic carbocycles. The smallest absolute Gasteiger partial charge is 0.318 e. The third-order valence-corrected chi connectivity index (χ3v) is 4.49. The molecule has 1 N–H and O–H groups in total. The fraction of sp³-hybridized carbons (Fsp3) is 0.312. The van der Waals surface area contributed by atoms with Crippen molar-refractivity contribution in [3.8, 4) is 0 Å². The first kappa shape index (κ1) is 15.7. The van der Waals surface area contributed by atoms with E-state index in [1.54, 1.807) is 17.3 Å². The van der Waals surface area contributed by atoms with Gasteiger partial charge in [-0.1, -0.05) is 12.1 Å². The Hall–Kier alpha value is -2.15. The van der Waals surface area contributed by atoms with Gasteiger partial charge in [-0.05, 0) is 40.0 Å². The number of hydrogen-bond acceptors (Lipinski definition) is 4. The summed E-state index contributed by atoms with van der Waals surface area (Å²) in [5.74, 6) is -1.37. The maximum atomic E-state index is 12.5. The largest absolute Gasteiger partial charge is 0.465 e. The van der Waals surface area contributed by atoms with Gasteiger partial charge in [0.15, 0.2) is 0 Å². The Balaban J connectivity index is 1.58. The zero-order chi connectivity index (χ0) is 16.2. The van der Waals surface area contributed by atoms with Crippen LogP contribution in [-0.2, 0) is 20.7 Å². The molecule has 0 unspecified atom stereocenters. The Kier molecular flexibility index (Phi) is 4.76. The average molecular weight is 378 g/mol. The maximum absolute atomic E-state index is 12.5. The number of benzene rings is 1. The van der Waals surface area contributed by atoms with Crippen LogP contribution in [0.15, 0.2) is 41.1 Å².